The van der Waals surface area contributed by atoms with Crippen LogP contribution in [0.15, 0.2) is 30.3 Å². The molecule has 2 saturated heterocycles. The van der Waals surface area contributed by atoms with Gasteiger partial charge in [0.15, 0.2) is 0 Å². The van der Waals surface area contributed by atoms with E-state index in [9.17, 15) is 5.11 Å². The molecule has 2 aliphatic heterocycles. The molecule has 3 heteroatoms. The highest BCUT2D eigenvalue weighted by molar-refractivity contribution is 5.16. The summed E-state index contributed by atoms with van der Waals surface area (Å²) in [6.45, 7) is 1.41. The first kappa shape index (κ1) is 12.2. The number of fused-ring (bicyclic) bond motifs is 2. The maximum absolute atomic E-state index is 10.4. The minimum Gasteiger partial charge on any atom is -0.388 e. The summed E-state index contributed by atoms with van der Waals surface area (Å²) in [4.78, 5) is 2.57. The first-order valence-electron chi connectivity index (χ1n) is 6.92. The van der Waals surface area contributed by atoms with Crippen molar-refractivity contribution in [3.05, 3.63) is 35.9 Å². The third kappa shape index (κ3) is 2.18. The molecule has 1 aromatic rings. The smallest absolute Gasteiger partial charge is 0.0799 e. The number of nitrogens with two attached hydrogens (primary N) is 1. The predicted octanol–water partition coefficient (Wildman–Crippen LogP) is 1.50. The molecule has 2 fully saturated rings. The summed E-state index contributed by atoms with van der Waals surface area (Å²) in [5.41, 5.74) is 6.48. The Labute approximate surface area is 109 Å². The maximum atomic E-state index is 10.4. The molecule has 0 radical (unpaired) electrons. The summed E-state index contributed by atoms with van der Waals surface area (Å²) >= 11 is 0. The second-order valence-corrected chi connectivity index (χ2v) is 5.88. The highest BCUT2D eigenvalue weighted by Crippen LogP contribution is 2.41. The molecule has 18 heavy (non-hydrogen) atoms. The van der Waals surface area contributed by atoms with Gasteiger partial charge in [-0.1, -0.05) is 30.3 Å². The summed E-state index contributed by atoms with van der Waals surface area (Å²) in [6, 6.07) is 11.6. The molecule has 0 spiro atoms. The summed E-state index contributed by atoms with van der Waals surface area (Å²) < 4.78 is 0. The molecule has 2 aliphatic rings. The molecule has 3 nitrogen and oxygen atoms in total. The van der Waals surface area contributed by atoms with Gasteiger partial charge in [-0.3, -0.25) is 4.90 Å². The second kappa shape index (κ2) is 4.65. The highest BCUT2D eigenvalue weighted by atomic mass is 16.3. The van der Waals surface area contributed by atoms with E-state index >= 15 is 0 Å². The predicted molar refractivity (Wildman–Crippen MR) is 72.0 cm³/mol. The summed E-state index contributed by atoms with van der Waals surface area (Å²) in [6.07, 6.45) is 4.10. The van der Waals surface area contributed by atoms with Crippen LogP contribution in [0.3, 0.4) is 0 Å². The SMILES string of the molecule is NCC1(O)CC2CCC(C1)N2Cc1ccccc1. The second-order valence-electron chi connectivity index (χ2n) is 5.88. The van der Waals surface area contributed by atoms with Gasteiger partial charge in [-0.2, -0.15) is 0 Å². The van der Waals surface area contributed by atoms with E-state index < -0.39 is 5.60 Å². The molecule has 0 saturated carbocycles. The van der Waals surface area contributed by atoms with Crippen LogP contribution in [-0.4, -0.2) is 34.2 Å². The van der Waals surface area contributed by atoms with Gasteiger partial charge in [-0.25, -0.2) is 0 Å². The number of hydrogen-bond acceptors (Lipinski definition) is 3. The lowest BCUT2D eigenvalue weighted by Gasteiger charge is -2.43. The van der Waals surface area contributed by atoms with Crippen molar-refractivity contribution in [2.24, 2.45) is 5.73 Å². The van der Waals surface area contributed by atoms with E-state index in [1.54, 1.807) is 0 Å². The fraction of sp³-hybridized carbons (Fsp3) is 0.600. The van der Waals surface area contributed by atoms with E-state index in [0.717, 1.165) is 19.4 Å². The van der Waals surface area contributed by atoms with Crippen LogP contribution in [0.5, 0.6) is 0 Å². The van der Waals surface area contributed by atoms with Crippen LogP contribution in [-0.2, 0) is 6.54 Å². The fourth-order valence-electron chi connectivity index (χ4n) is 3.63. The zero-order valence-corrected chi connectivity index (χ0v) is 10.8. The average Bonchev–Trinajstić information content (AvgIpc) is 2.64. The minimum absolute atomic E-state index is 0.402. The van der Waals surface area contributed by atoms with Crippen LogP contribution in [0.2, 0.25) is 0 Å². The van der Waals surface area contributed by atoms with Gasteiger partial charge in [0.05, 0.1) is 5.60 Å². The van der Waals surface area contributed by atoms with Crippen LogP contribution < -0.4 is 5.73 Å². The Morgan fingerprint density at radius 1 is 1.17 bits per heavy atom. The van der Waals surface area contributed by atoms with Crippen molar-refractivity contribution in [2.45, 2.75) is 49.9 Å². The molecule has 0 aliphatic carbocycles. The Balaban J connectivity index is 1.73. The maximum Gasteiger partial charge on any atom is 0.0799 e. The molecular weight excluding hydrogens is 224 g/mol. The van der Waals surface area contributed by atoms with Crippen molar-refractivity contribution < 1.29 is 5.11 Å². The molecule has 1 aromatic carbocycles. The monoisotopic (exact) mass is 246 g/mol. The average molecular weight is 246 g/mol. The summed E-state index contributed by atoms with van der Waals surface area (Å²) in [7, 11) is 0. The Morgan fingerprint density at radius 3 is 2.33 bits per heavy atom. The molecule has 2 bridgehead atoms. The fourth-order valence-corrected chi connectivity index (χ4v) is 3.63. The number of hydrogen-bond donors (Lipinski definition) is 2. The Bertz CT molecular complexity index is 392. The van der Waals surface area contributed by atoms with Crippen molar-refractivity contribution in [3.8, 4) is 0 Å². The zero-order valence-electron chi connectivity index (χ0n) is 10.8. The van der Waals surface area contributed by atoms with Crippen molar-refractivity contribution in [1.82, 2.24) is 4.90 Å². The van der Waals surface area contributed by atoms with Crippen LogP contribution in [0.1, 0.15) is 31.2 Å². The normalized spacial score (nSPS) is 35.9. The van der Waals surface area contributed by atoms with Gasteiger partial charge in [0, 0.05) is 25.2 Å². The van der Waals surface area contributed by atoms with E-state index in [4.69, 9.17) is 5.73 Å². The van der Waals surface area contributed by atoms with Crippen molar-refractivity contribution in [1.29, 1.82) is 0 Å². The lowest BCUT2D eigenvalue weighted by molar-refractivity contribution is -0.0478. The Kier molecular flexibility index (Phi) is 3.14. The summed E-state index contributed by atoms with van der Waals surface area (Å²) in [5.74, 6) is 0. The van der Waals surface area contributed by atoms with E-state index in [1.165, 1.54) is 18.4 Å². The van der Waals surface area contributed by atoms with Crippen molar-refractivity contribution in [3.63, 3.8) is 0 Å². The Hall–Kier alpha value is -0.900. The lowest BCUT2D eigenvalue weighted by atomic mass is 9.86. The molecule has 3 N–H and O–H groups in total. The number of aliphatic hydroxyl groups is 1. The first-order chi connectivity index (χ1) is 8.70. The minimum atomic E-state index is -0.612. The van der Waals surface area contributed by atoms with Gasteiger partial charge in [-0.15, -0.1) is 0 Å². The Morgan fingerprint density at radius 2 is 1.78 bits per heavy atom. The van der Waals surface area contributed by atoms with E-state index in [2.05, 4.69) is 35.2 Å². The quantitative estimate of drug-likeness (QED) is 0.850. The molecule has 3 rings (SSSR count). The standard InChI is InChI=1S/C15H22N2O/c16-11-15(18)8-13-6-7-14(9-15)17(13)10-12-4-2-1-3-5-12/h1-5,13-14,18H,6-11,16H2. The topological polar surface area (TPSA) is 49.5 Å². The van der Waals surface area contributed by atoms with Gasteiger partial charge in [0.2, 0.25) is 0 Å². The molecule has 0 aromatic heterocycles. The number of rotatable bonds is 3. The van der Waals surface area contributed by atoms with Crippen molar-refractivity contribution in [2.75, 3.05) is 6.54 Å². The zero-order chi connectivity index (χ0) is 12.6. The number of nitrogens with zero attached hydrogens (tertiary/aromatic N) is 1. The number of piperidine rings is 1. The van der Waals surface area contributed by atoms with Gasteiger partial charge in [-0.05, 0) is 31.2 Å². The van der Waals surface area contributed by atoms with Gasteiger partial charge < -0.3 is 10.8 Å². The van der Waals surface area contributed by atoms with E-state index in [1.807, 2.05) is 0 Å². The van der Waals surface area contributed by atoms with Gasteiger partial charge in [0.25, 0.3) is 0 Å². The third-order valence-corrected chi connectivity index (χ3v) is 4.59. The van der Waals surface area contributed by atoms with E-state index in [-0.39, 0.29) is 0 Å². The van der Waals surface area contributed by atoms with Crippen LogP contribution >= 0.6 is 0 Å². The molecule has 2 unspecified atom stereocenters. The van der Waals surface area contributed by atoms with Gasteiger partial charge in [0.1, 0.15) is 0 Å². The lowest BCUT2D eigenvalue weighted by Crippen LogP contribution is -2.53. The largest absolute Gasteiger partial charge is 0.388 e. The van der Waals surface area contributed by atoms with Crippen LogP contribution in [0.25, 0.3) is 0 Å². The molecule has 2 heterocycles. The molecular formula is C15H22N2O. The third-order valence-electron chi connectivity index (χ3n) is 4.59. The highest BCUT2D eigenvalue weighted by Gasteiger charge is 2.46. The molecule has 98 valence electrons. The molecule has 2 atom stereocenters. The van der Waals surface area contributed by atoms with Gasteiger partial charge >= 0.3 is 0 Å². The van der Waals surface area contributed by atoms with Crippen LogP contribution in [0.4, 0.5) is 0 Å². The van der Waals surface area contributed by atoms with Crippen molar-refractivity contribution >= 4 is 0 Å². The first-order valence-corrected chi connectivity index (χ1v) is 6.92. The molecule has 0 amide bonds. The summed E-state index contributed by atoms with van der Waals surface area (Å²) in [5, 5.41) is 10.4. The van der Waals surface area contributed by atoms with E-state index in [0.29, 0.717) is 18.6 Å². The number of benzene rings is 1. The van der Waals surface area contributed by atoms with Crippen LogP contribution in [0, 0.1) is 0 Å².